The molecule has 1 aliphatic rings. The zero-order valence-electron chi connectivity index (χ0n) is 14.4. The molecule has 0 radical (unpaired) electrons. The largest absolute Gasteiger partial charge is 0.381 e. The number of ether oxygens (including phenoxy) is 1. The molecule has 140 valence electrons. The Labute approximate surface area is 153 Å². The molecule has 1 aliphatic heterocycles. The van der Waals surface area contributed by atoms with Crippen LogP contribution in [0.15, 0.2) is 35.3 Å². The molecule has 2 aromatic carbocycles. The molecule has 27 heavy (non-hydrogen) atoms. The van der Waals surface area contributed by atoms with E-state index in [1.54, 1.807) is 12.1 Å². The Morgan fingerprint density at radius 1 is 1.11 bits per heavy atom. The SMILES string of the molecule is NC(N)=NC(=O)c1ccc2c3c(F)cc(F)cc3n(C3CCOCC3)c2c1. The molecule has 8 heteroatoms. The van der Waals surface area contributed by atoms with Crippen LogP contribution in [-0.2, 0) is 4.74 Å². The van der Waals surface area contributed by atoms with E-state index in [0.29, 0.717) is 47.9 Å². The predicted octanol–water partition coefficient (Wildman–Crippen LogP) is 2.84. The van der Waals surface area contributed by atoms with E-state index in [4.69, 9.17) is 16.2 Å². The van der Waals surface area contributed by atoms with Gasteiger partial charge >= 0.3 is 0 Å². The molecule has 4 rings (SSSR count). The van der Waals surface area contributed by atoms with Crippen LogP contribution in [0.2, 0.25) is 0 Å². The first-order valence-corrected chi connectivity index (χ1v) is 8.60. The van der Waals surface area contributed by atoms with Crippen molar-refractivity contribution in [2.75, 3.05) is 13.2 Å². The van der Waals surface area contributed by atoms with Crippen LogP contribution >= 0.6 is 0 Å². The van der Waals surface area contributed by atoms with Gasteiger partial charge in [-0.3, -0.25) is 4.79 Å². The lowest BCUT2D eigenvalue weighted by Crippen LogP contribution is -2.24. The quantitative estimate of drug-likeness (QED) is 0.534. The normalized spacial score (nSPS) is 15.3. The Balaban J connectivity index is 2.02. The van der Waals surface area contributed by atoms with E-state index < -0.39 is 17.5 Å². The van der Waals surface area contributed by atoms with Crippen molar-refractivity contribution in [3.8, 4) is 0 Å². The number of benzene rings is 2. The summed E-state index contributed by atoms with van der Waals surface area (Å²) < 4.78 is 35.8. The molecular formula is C19H18F2N4O2. The van der Waals surface area contributed by atoms with Crippen LogP contribution in [0.3, 0.4) is 0 Å². The Hall–Kier alpha value is -3.00. The van der Waals surface area contributed by atoms with Crippen molar-refractivity contribution in [1.29, 1.82) is 0 Å². The molecule has 0 atom stereocenters. The molecule has 6 nitrogen and oxygen atoms in total. The van der Waals surface area contributed by atoms with Gasteiger partial charge in [-0.1, -0.05) is 6.07 Å². The number of amides is 1. The topological polar surface area (TPSA) is 95.6 Å². The maximum Gasteiger partial charge on any atom is 0.280 e. The summed E-state index contributed by atoms with van der Waals surface area (Å²) >= 11 is 0. The summed E-state index contributed by atoms with van der Waals surface area (Å²) in [6.45, 7) is 1.13. The summed E-state index contributed by atoms with van der Waals surface area (Å²) in [5, 5.41) is 0.939. The molecule has 1 amide bonds. The van der Waals surface area contributed by atoms with Gasteiger partial charge in [-0.05, 0) is 31.0 Å². The zero-order valence-corrected chi connectivity index (χ0v) is 14.4. The molecule has 1 aromatic heterocycles. The predicted molar refractivity (Wildman–Crippen MR) is 98.6 cm³/mol. The van der Waals surface area contributed by atoms with E-state index in [-0.39, 0.29) is 17.6 Å². The minimum atomic E-state index is -0.645. The van der Waals surface area contributed by atoms with Gasteiger partial charge in [-0.15, -0.1) is 0 Å². The Morgan fingerprint density at radius 2 is 1.85 bits per heavy atom. The van der Waals surface area contributed by atoms with Crippen molar-refractivity contribution >= 4 is 33.7 Å². The molecule has 0 aliphatic carbocycles. The Kier molecular flexibility index (Phi) is 4.27. The highest BCUT2D eigenvalue weighted by Gasteiger charge is 2.24. The second-order valence-corrected chi connectivity index (χ2v) is 6.57. The van der Waals surface area contributed by atoms with Crippen LogP contribution in [0.5, 0.6) is 0 Å². The molecular weight excluding hydrogens is 354 g/mol. The maximum absolute atomic E-state index is 14.6. The fraction of sp³-hybridized carbons (Fsp3) is 0.263. The third kappa shape index (κ3) is 3.02. The van der Waals surface area contributed by atoms with Gasteiger partial charge in [-0.25, -0.2) is 8.78 Å². The van der Waals surface area contributed by atoms with Crippen LogP contribution in [-0.4, -0.2) is 29.6 Å². The summed E-state index contributed by atoms with van der Waals surface area (Å²) in [5.74, 6) is -2.21. The number of guanidine groups is 1. The second-order valence-electron chi connectivity index (χ2n) is 6.57. The van der Waals surface area contributed by atoms with E-state index in [0.717, 1.165) is 6.07 Å². The van der Waals surface area contributed by atoms with Crippen molar-refractivity contribution in [2.24, 2.45) is 16.5 Å². The Bertz CT molecular complexity index is 1080. The van der Waals surface area contributed by atoms with Crippen LogP contribution < -0.4 is 11.5 Å². The first kappa shape index (κ1) is 17.4. The molecule has 2 heterocycles. The highest BCUT2D eigenvalue weighted by atomic mass is 19.1. The first-order valence-electron chi connectivity index (χ1n) is 8.60. The van der Waals surface area contributed by atoms with Crippen molar-refractivity contribution in [3.63, 3.8) is 0 Å². The van der Waals surface area contributed by atoms with E-state index in [1.165, 1.54) is 12.1 Å². The average Bonchev–Trinajstić information content (AvgIpc) is 2.95. The number of hydrogen-bond acceptors (Lipinski definition) is 2. The van der Waals surface area contributed by atoms with Crippen molar-refractivity contribution in [3.05, 3.63) is 47.5 Å². The highest BCUT2D eigenvalue weighted by molar-refractivity contribution is 6.11. The number of carbonyl (C=O) groups is 1. The molecule has 1 saturated heterocycles. The number of nitrogens with zero attached hydrogens (tertiary/aromatic N) is 2. The first-order chi connectivity index (χ1) is 13.0. The number of hydrogen-bond donors (Lipinski definition) is 2. The second kappa shape index (κ2) is 6.62. The number of aromatic nitrogens is 1. The fourth-order valence-corrected chi connectivity index (χ4v) is 3.74. The van der Waals surface area contributed by atoms with Crippen LogP contribution in [0, 0.1) is 11.6 Å². The maximum atomic E-state index is 14.6. The van der Waals surface area contributed by atoms with E-state index in [2.05, 4.69) is 4.99 Å². The molecule has 0 saturated carbocycles. The number of halogens is 2. The lowest BCUT2D eigenvalue weighted by Gasteiger charge is -2.25. The van der Waals surface area contributed by atoms with Gasteiger partial charge in [0.1, 0.15) is 11.6 Å². The third-order valence-electron chi connectivity index (χ3n) is 4.85. The van der Waals surface area contributed by atoms with Crippen LogP contribution in [0.4, 0.5) is 8.78 Å². The van der Waals surface area contributed by atoms with Crippen molar-refractivity contribution in [2.45, 2.75) is 18.9 Å². The molecule has 1 fully saturated rings. The number of fused-ring (bicyclic) bond motifs is 3. The summed E-state index contributed by atoms with van der Waals surface area (Å²) in [5.41, 5.74) is 11.9. The summed E-state index contributed by atoms with van der Waals surface area (Å²) in [4.78, 5) is 15.8. The zero-order chi connectivity index (χ0) is 19.1. The lowest BCUT2D eigenvalue weighted by molar-refractivity contribution is 0.0717. The van der Waals surface area contributed by atoms with Gasteiger partial charge in [0, 0.05) is 41.7 Å². The summed E-state index contributed by atoms with van der Waals surface area (Å²) in [6, 6.07) is 7.00. The van der Waals surface area contributed by atoms with Gasteiger partial charge < -0.3 is 20.8 Å². The smallest absolute Gasteiger partial charge is 0.280 e. The van der Waals surface area contributed by atoms with Crippen LogP contribution in [0.25, 0.3) is 21.8 Å². The molecule has 3 aromatic rings. The number of aliphatic imine (C=N–C) groups is 1. The minimum absolute atomic E-state index is 0.00776. The fourth-order valence-electron chi connectivity index (χ4n) is 3.74. The molecule has 0 bridgehead atoms. The molecule has 0 spiro atoms. The van der Waals surface area contributed by atoms with E-state index in [9.17, 15) is 13.6 Å². The Morgan fingerprint density at radius 3 is 2.56 bits per heavy atom. The van der Waals surface area contributed by atoms with Crippen molar-refractivity contribution in [1.82, 2.24) is 4.57 Å². The number of nitrogens with two attached hydrogens (primary N) is 2. The van der Waals surface area contributed by atoms with Gasteiger partial charge in [0.15, 0.2) is 5.96 Å². The highest BCUT2D eigenvalue weighted by Crippen LogP contribution is 2.37. The lowest BCUT2D eigenvalue weighted by atomic mass is 10.1. The molecule has 0 unspecified atom stereocenters. The van der Waals surface area contributed by atoms with Crippen LogP contribution in [0.1, 0.15) is 29.2 Å². The van der Waals surface area contributed by atoms with Gasteiger partial charge in [0.2, 0.25) is 0 Å². The van der Waals surface area contributed by atoms with Gasteiger partial charge in [-0.2, -0.15) is 4.99 Å². The molecule has 4 N–H and O–H groups in total. The monoisotopic (exact) mass is 372 g/mol. The summed E-state index contributed by atoms with van der Waals surface area (Å²) in [6.07, 6.45) is 1.42. The van der Waals surface area contributed by atoms with E-state index >= 15 is 0 Å². The number of carbonyl (C=O) groups excluding carboxylic acids is 1. The van der Waals surface area contributed by atoms with Gasteiger partial charge in [0.05, 0.1) is 11.0 Å². The van der Waals surface area contributed by atoms with Crippen molar-refractivity contribution < 1.29 is 18.3 Å². The summed E-state index contributed by atoms with van der Waals surface area (Å²) in [7, 11) is 0. The van der Waals surface area contributed by atoms with Gasteiger partial charge in [0.25, 0.3) is 5.91 Å². The minimum Gasteiger partial charge on any atom is -0.381 e. The number of rotatable bonds is 2. The third-order valence-corrected chi connectivity index (χ3v) is 4.85. The standard InChI is InChI=1S/C19H18F2N4O2/c20-11-8-14(21)17-13-2-1-10(18(26)24-19(22)23)7-15(13)25(16(17)9-11)12-3-5-27-6-4-12/h1-2,7-9,12H,3-6H2,(H4,22,23,24,26). The van der Waals surface area contributed by atoms with E-state index in [1.807, 2.05) is 4.57 Å². The average molecular weight is 372 g/mol.